The standard InChI is InChI=1S/C16H25ClN2/c1-19(14-8-4-2-3-5-9-14)16-13(11-12-18)7-6-10-15(16)17/h6-7,10,14H,2-5,8-9,11-12,18H2,1H3. The summed E-state index contributed by atoms with van der Waals surface area (Å²) < 4.78 is 0. The van der Waals surface area contributed by atoms with E-state index < -0.39 is 0 Å². The summed E-state index contributed by atoms with van der Waals surface area (Å²) in [5.41, 5.74) is 8.20. The van der Waals surface area contributed by atoms with Crippen LogP contribution in [0.25, 0.3) is 0 Å². The highest BCUT2D eigenvalue weighted by molar-refractivity contribution is 6.33. The molecule has 0 atom stereocenters. The van der Waals surface area contributed by atoms with Crippen LogP contribution in [-0.2, 0) is 6.42 Å². The first-order valence-corrected chi connectivity index (χ1v) is 7.82. The first kappa shape index (κ1) is 14.7. The lowest BCUT2D eigenvalue weighted by Crippen LogP contribution is -2.32. The van der Waals surface area contributed by atoms with E-state index in [9.17, 15) is 0 Å². The number of benzene rings is 1. The fourth-order valence-corrected chi connectivity index (χ4v) is 3.47. The van der Waals surface area contributed by atoms with E-state index in [2.05, 4.69) is 18.0 Å². The van der Waals surface area contributed by atoms with Crippen molar-refractivity contribution < 1.29 is 0 Å². The highest BCUT2D eigenvalue weighted by Crippen LogP contribution is 2.33. The smallest absolute Gasteiger partial charge is 0.0642 e. The van der Waals surface area contributed by atoms with Gasteiger partial charge < -0.3 is 10.6 Å². The highest BCUT2D eigenvalue weighted by Gasteiger charge is 2.20. The van der Waals surface area contributed by atoms with Gasteiger partial charge in [-0.1, -0.05) is 49.4 Å². The van der Waals surface area contributed by atoms with Gasteiger partial charge in [-0.15, -0.1) is 0 Å². The molecule has 1 aliphatic rings. The maximum atomic E-state index is 6.44. The third-order valence-electron chi connectivity index (χ3n) is 4.21. The number of halogens is 1. The van der Waals surface area contributed by atoms with Crippen molar-refractivity contribution in [1.82, 2.24) is 0 Å². The molecule has 1 aromatic carbocycles. The second-order valence-electron chi connectivity index (χ2n) is 5.54. The minimum Gasteiger partial charge on any atom is -0.370 e. The van der Waals surface area contributed by atoms with Crippen LogP contribution in [0.15, 0.2) is 18.2 Å². The Labute approximate surface area is 121 Å². The molecule has 106 valence electrons. The Morgan fingerprint density at radius 2 is 1.89 bits per heavy atom. The van der Waals surface area contributed by atoms with Gasteiger partial charge in [0, 0.05) is 13.1 Å². The summed E-state index contributed by atoms with van der Waals surface area (Å²) in [4.78, 5) is 2.40. The topological polar surface area (TPSA) is 29.3 Å². The van der Waals surface area contributed by atoms with Crippen molar-refractivity contribution in [2.24, 2.45) is 5.73 Å². The number of anilines is 1. The molecule has 1 aromatic rings. The predicted octanol–water partition coefficient (Wildman–Crippen LogP) is 4.00. The van der Waals surface area contributed by atoms with Crippen molar-refractivity contribution in [3.8, 4) is 0 Å². The molecule has 1 fully saturated rings. The Kier molecular flexibility index (Phi) is 5.53. The van der Waals surface area contributed by atoms with E-state index in [-0.39, 0.29) is 0 Å². The van der Waals surface area contributed by atoms with Crippen molar-refractivity contribution in [1.29, 1.82) is 0 Å². The van der Waals surface area contributed by atoms with E-state index in [0.717, 1.165) is 11.4 Å². The van der Waals surface area contributed by atoms with E-state index in [1.165, 1.54) is 49.8 Å². The molecular formula is C16H25ClN2. The number of hydrogen-bond acceptors (Lipinski definition) is 2. The monoisotopic (exact) mass is 280 g/mol. The summed E-state index contributed by atoms with van der Waals surface area (Å²) in [5, 5.41) is 0.859. The molecule has 0 amide bonds. The molecule has 0 spiro atoms. The van der Waals surface area contributed by atoms with Crippen LogP contribution in [0, 0.1) is 0 Å². The fraction of sp³-hybridized carbons (Fsp3) is 0.625. The molecule has 0 aliphatic heterocycles. The lowest BCUT2D eigenvalue weighted by Gasteiger charge is -2.32. The average Bonchev–Trinajstić information content (AvgIpc) is 2.67. The summed E-state index contributed by atoms with van der Waals surface area (Å²) in [7, 11) is 2.19. The molecule has 0 bridgehead atoms. The van der Waals surface area contributed by atoms with E-state index in [1.54, 1.807) is 0 Å². The van der Waals surface area contributed by atoms with Crippen molar-refractivity contribution in [3.63, 3.8) is 0 Å². The van der Waals surface area contributed by atoms with Crippen LogP contribution in [0.2, 0.25) is 5.02 Å². The third-order valence-corrected chi connectivity index (χ3v) is 4.51. The molecule has 0 unspecified atom stereocenters. The van der Waals surface area contributed by atoms with Gasteiger partial charge in [0.15, 0.2) is 0 Å². The molecule has 19 heavy (non-hydrogen) atoms. The van der Waals surface area contributed by atoms with Crippen molar-refractivity contribution in [2.75, 3.05) is 18.5 Å². The summed E-state index contributed by atoms with van der Waals surface area (Å²) in [6.45, 7) is 0.672. The average molecular weight is 281 g/mol. The molecule has 1 aliphatic carbocycles. The zero-order valence-corrected chi connectivity index (χ0v) is 12.6. The van der Waals surface area contributed by atoms with Gasteiger partial charge in [-0.05, 0) is 37.4 Å². The molecule has 3 heteroatoms. The molecule has 0 saturated heterocycles. The van der Waals surface area contributed by atoms with Gasteiger partial charge in [-0.25, -0.2) is 0 Å². The summed E-state index contributed by atoms with van der Waals surface area (Å²) in [6, 6.07) is 6.79. The zero-order chi connectivity index (χ0) is 13.7. The normalized spacial score (nSPS) is 17.2. The predicted molar refractivity (Wildman–Crippen MR) is 84.1 cm³/mol. The number of hydrogen-bond donors (Lipinski definition) is 1. The van der Waals surface area contributed by atoms with Gasteiger partial charge >= 0.3 is 0 Å². The van der Waals surface area contributed by atoms with Crippen LogP contribution in [0.1, 0.15) is 44.1 Å². The van der Waals surface area contributed by atoms with Crippen LogP contribution in [0.4, 0.5) is 5.69 Å². The van der Waals surface area contributed by atoms with Gasteiger partial charge in [-0.3, -0.25) is 0 Å². The molecule has 2 rings (SSSR count). The number of rotatable bonds is 4. The van der Waals surface area contributed by atoms with E-state index in [1.807, 2.05) is 12.1 Å². The van der Waals surface area contributed by atoms with Crippen molar-refractivity contribution in [3.05, 3.63) is 28.8 Å². The van der Waals surface area contributed by atoms with Gasteiger partial charge in [0.05, 0.1) is 10.7 Å². The Balaban J connectivity index is 2.23. The first-order chi connectivity index (χ1) is 9.24. The number of para-hydroxylation sites is 1. The fourth-order valence-electron chi connectivity index (χ4n) is 3.14. The molecular weight excluding hydrogens is 256 g/mol. The molecule has 2 N–H and O–H groups in total. The summed E-state index contributed by atoms with van der Waals surface area (Å²) in [6.07, 6.45) is 8.89. The molecule has 1 saturated carbocycles. The van der Waals surface area contributed by atoms with Gasteiger partial charge in [0.1, 0.15) is 0 Å². The molecule has 0 radical (unpaired) electrons. The first-order valence-electron chi connectivity index (χ1n) is 7.44. The maximum Gasteiger partial charge on any atom is 0.0642 e. The lowest BCUT2D eigenvalue weighted by molar-refractivity contribution is 0.552. The minimum absolute atomic E-state index is 0.624. The second-order valence-corrected chi connectivity index (χ2v) is 5.95. The van der Waals surface area contributed by atoms with Gasteiger partial charge in [0.25, 0.3) is 0 Å². The van der Waals surface area contributed by atoms with Crippen LogP contribution >= 0.6 is 11.6 Å². The minimum atomic E-state index is 0.624. The number of nitrogens with two attached hydrogens (primary N) is 1. The van der Waals surface area contributed by atoms with E-state index in [0.29, 0.717) is 12.6 Å². The highest BCUT2D eigenvalue weighted by atomic mass is 35.5. The summed E-state index contributed by atoms with van der Waals surface area (Å²) >= 11 is 6.44. The third kappa shape index (κ3) is 3.64. The summed E-state index contributed by atoms with van der Waals surface area (Å²) in [5.74, 6) is 0. The largest absolute Gasteiger partial charge is 0.370 e. The SMILES string of the molecule is CN(c1c(Cl)cccc1CCN)C1CCCCCC1. The number of nitrogens with zero attached hydrogens (tertiary/aromatic N) is 1. The Bertz CT molecular complexity index is 398. The molecule has 0 aromatic heterocycles. The van der Waals surface area contributed by atoms with Gasteiger partial charge in [0.2, 0.25) is 0 Å². The second kappa shape index (κ2) is 7.16. The van der Waals surface area contributed by atoms with Gasteiger partial charge in [-0.2, -0.15) is 0 Å². The van der Waals surface area contributed by atoms with E-state index in [4.69, 9.17) is 17.3 Å². The lowest BCUT2D eigenvalue weighted by atomic mass is 10.0. The van der Waals surface area contributed by atoms with Crippen LogP contribution in [0.5, 0.6) is 0 Å². The molecule has 2 nitrogen and oxygen atoms in total. The van der Waals surface area contributed by atoms with Crippen molar-refractivity contribution in [2.45, 2.75) is 51.0 Å². The van der Waals surface area contributed by atoms with Crippen LogP contribution < -0.4 is 10.6 Å². The Morgan fingerprint density at radius 3 is 2.53 bits per heavy atom. The maximum absolute atomic E-state index is 6.44. The Morgan fingerprint density at radius 1 is 1.21 bits per heavy atom. The van der Waals surface area contributed by atoms with Crippen molar-refractivity contribution >= 4 is 17.3 Å². The Hall–Kier alpha value is -0.730. The zero-order valence-electron chi connectivity index (χ0n) is 11.9. The van der Waals surface area contributed by atoms with Crippen LogP contribution in [-0.4, -0.2) is 19.6 Å². The quantitative estimate of drug-likeness (QED) is 0.845. The molecule has 0 heterocycles. The van der Waals surface area contributed by atoms with Crippen LogP contribution in [0.3, 0.4) is 0 Å². The van der Waals surface area contributed by atoms with E-state index >= 15 is 0 Å².